The number of rotatable bonds is 6. The number of nitrogens with one attached hydrogen (secondary N) is 1. The van der Waals surface area contributed by atoms with Gasteiger partial charge in [0.25, 0.3) is 5.91 Å². The monoisotopic (exact) mass is 283 g/mol. The predicted molar refractivity (Wildman–Crippen MR) is 74.8 cm³/mol. The molecule has 4 nitrogen and oxygen atoms in total. The number of carbonyl (C=O) groups is 2. The number of halogens is 1. The Bertz CT molecular complexity index is 460. The van der Waals surface area contributed by atoms with E-state index < -0.39 is 0 Å². The molecule has 1 N–H and O–H groups in total. The third-order valence-electron chi connectivity index (χ3n) is 2.86. The van der Waals surface area contributed by atoms with Crippen LogP contribution in [-0.4, -0.2) is 24.8 Å². The van der Waals surface area contributed by atoms with E-state index >= 15 is 0 Å². The van der Waals surface area contributed by atoms with E-state index in [2.05, 4.69) is 5.32 Å². The fraction of sp³-hybridized carbons (Fsp3) is 0.429. The summed E-state index contributed by atoms with van der Waals surface area (Å²) in [7, 11) is 0. The van der Waals surface area contributed by atoms with Crippen molar-refractivity contribution < 1.29 is 14.3 Å². The molecule has 1 amide bonds. The molecule has 1 aromatic carbocycles. The fourth-order valence-corrected chi connectivity index (χ4v) is 1.61. The molecule has 1 unspecified atom stereocenters. The van der Waals surface area contributed by atoms with Crippen LogP contribution in [0.2, 0.25) is 5.02 Å². The van der Waals surface area contributed by atoms with Gasteiger partial charge in [0.05, 0.1) is 10.6 Å². The van der Waals surface area contributed by atoms with Crippen LogP contribution in [0.5, 0.6) is 5.75 Å². The van der Waals surface area contributed by atoms with Crippen LogP contribution in [0.3, 0.4) is 0 Å². The van der Waals surface area contributed by atoms with Crippen LogP contribution < -0.4 is 10.1 Å². The molecular weight excluding hydrogens is 266 g/mol. The Kier molecular flexibility index (Phi) is 5.83. The van der Waals surface area contributed by atoms with Crippen molar-refractivity contribution in [2.45, 2.75) is 26.8 Å². The van der Waals surface area contributed by atoms with Gasteiger partial charge in [-0.25, -0.2) is 0 Å². The standard InChI is InChI=1S/C14H18ClNO3/c1-9(2)10(3)16-13(18)8-19-14-11(7-17)5-4-6-12(14)15/h4-7,9-10H,8H2,1-3H3,(H,16,18). The number of hydrogen-bond acceptors (Lipinski definition) is 3. The summed E-state index contributed by atoms with van der Waals surface area (Å²) in [5.74, 6) is 0.347. The zero-order valence-corrected chi connectivity index (χ0v) is 12.0. The summed E-state index contributed by atoms with van der Waals surface area (Å²) >= 11 is 5.93. The largest absolute Gasteiger partial charge is 0.481 e. The molecule has 0 radical (unpaired) electrons. The Morgan fingerprint density at radius 3 is 2.68 bits per heavy atom. The quantitative estimate of drug-likeness (QED) is 0.817. The lowest BCUT2D eigenvalue weighted by Crippen LogP contribution is -2.39. The van der Waals surface area contributed by atoms with Gasteiger partial charge in [-0.3, -0.25) is 9.59 Å². The van der Waals surface area contributed by atoms with Crippen molar-refractivity contribution in [1.29, 1.82) is 0 Å². The lowest BCUT2D eigenvalue weighted by Gasteiger charge is -2.18. The van der Waals surface area contributed by atoms with E-state index in [4.69, 9.17) is 16.3 Å². The number of para-hydroxylation sites is 1. The van der Waals surface area contributed by atoms with Gasteiger partial charge < -0.3 is 10.1 Å². The second-order valence-corrected chi connectivity index (χ2v) is 5.07. The van der Waals surface area contributed by atoms with Gasteiger partial charge in [-0.1, -0.05) is 31.5 Å². The van der Waals surface area contributed by atoms with Crippen molar-refractivity contribution in [3.8, 4) is 5.75 Å². The smallest absolute Gasteiger partial charge is 0.258 e. The normalized spacial score (nSPS) is 12.1. The number of hydrogen-bond donors (Lipinski definition) is 1. The number of aldehydes is 1. The van der Waals surface area contributed by atoms with Crippen LogP contribution in [0.25, 0.3) is 0 Å². The van der Waals surface area contributed by atoms with Gasteiger partial charge in [0.1, 0.15) is 5.75 Å². The summed E-state index contributed by atoms with van der Waals surface area (Å²) in [6, 6.07) is 4.91. The lowest BCUT2D eigenvalue weighted by molar-refractivity contribution is -0.124. The van der Waals surface area contributed by atoms with Crippen LogP contribution >= 0.6 is 11.6 Å². The van der Waals surface area contributed by atoms with Crippen molar-refractivity contribution in [3.63, 3.8) is 0 Å². The Labute approximate surface area is 118 Å². The van der Waals surface area contributed by atoms with Crippen molar-refractivity contribution in [2.24, 2.45) is 5.92 Å². The molecule has 0 fully saturated rings. The first-order valence-corrected chi connectivity index (χ1v) is 6.49. The van der Waals surface area contributed by atoms with E-state index in [0.717, 1.165) is 0 Å². The molecule has 0 aliphatic rings. The third-order valence-corrected chi connectivity index (χ3v) is 3.16. The summed E-state index contributed by atoms with van der Waals surface area (Å²) in [5, 5.41) is 3.13. The van der Waals surface area contributed by atoms with Crippen molar-refractivity contribution in [1.82, 2.24) is 5.32 Å². The van der Waals surface area contributed by atoms with Crippen molar-refractivity contribution >= 4 is 23.8 Å². The van der Waals surface area contributed by atoms with Crippen molar-refractivity contribution in [3.05, 3.63) is 28.8 Å². The Morgan fingerprint density at radius 2 is 2.11 bits per heavy atom. The summed E-state index contributed by atoms with van der Waals surface area (Å²) in [6.07, 6.45) is 0.649. The van der Waals surface area contributed by atoms with Gasteiger partial charge in [-0.05, 0) is 25.0 Å². The molecule has 0 aliphatic carbocycles. The van der Waals surface area contributed by atoms with Crippen LogP contribution in [0.4, 0.5) is 0 Å². The second kappa shape index (κ2) is 7.14. The number of amides is 1. The molecule has 1 aromatic rings. The zero-order chi connectivity index (χ0) is 14.4. The van der Waals surface area contributed by atoms with Crippen LogP contribution in [-0.2, 0) is 4.79 Å². The van der Waals surface area contributed by atoms with Crippen LogP contribution in [0, 0.1) is 5.92 Å². The van der Waals surface area contributed by atoms with E-state index in [1.807, 2.05) is 20.8 Å². The first kappa shape index (κ1) is 15.5. The van der Waals surface area contributed by atoms with E-state index in [-0.39, 0.29) is 24.3 Å². The molecule has 0 spiro atoms. The van der Waals surface area contributed by atoms with E-state index in [1.54, 1.807) is 18.2 Å². The number of carbonyl (C=O) groups excluding carboxylic acids is 2. The molecule has 0 aromatic heterocycles. The summed E-state index contributed by atoms with van der Waals surface area (Å²) in [5.41, 5.74) is 0.331. The first-order chi connectivity index (χ1) is 8.95. The average molecular weight is 284 g/mol. The van der Waals surface area contributed by atoms with E-state index in [9.17, 15) is 9.59 Å². The minimum absolute atomic E-state index is 0.0629. The number of benzene rings is 1. The molecule has 5 heteroatoms. The maximum absolute atomic E-state index is 11.7. The maximum atomic E-state index is 11.7. The van der Waals surface area contributed by atoms with Crippen LogP contribution in [0.1, 0.15) is 31.1 Å². The molecule has 0 bridgehead atoms. The second-order valence-electron chi connectivity index (χ2n) is 4.66. The molecule has 0 saturated heterocycles. The molecule has 19 heavy (non-hydrogen) atoms. The van der Waals surface area contributed by atoms with Crippen LogP contribution in [0.15, 0.2) is 18.2 Å². The van der Waals surface area contributed by atoms with E-state index in [1.165, 1.54) is 0 Å². The van der Waals surface area contributed by atoms with Gasteiger partial charge >= 0.3 is 0 Å². The first-order valence-electron chi connectivity index (χ1n) is 6.11. The molecule has 104 valence electrons. The van der Waals surface area contributed by atoms with Gasteiger partial charge in [0.15, 0.2) is 12.9 Å². The Balaban J connectivity index is 2.62. The minimum atomic E-state index is -0.238. The average Bonchev–Trinajstić information content (AvgIpc) is 2.36. The van der Waals surface area contributed by atoms with Crippen molar-refractivity contribution in [2.75, 3.05) is 6.61 Å². The van der Waals surface area contributed by atoms with Gasteiger partial charge in [0.2, 0.25) is 0 Å². The highest BCUT2D eigenvalue weighted by Gasteiger charge is 2.13. The highest BCUT2D eigenvalue weighted by Crippen LogP contribution is 2.27. The number of ether oxygens (including phenoxy) is 1. The highest BCUT2D eigenvalue weighted by atomic mass is 35.5. The fourth-order valence-electron chi connectivity index (χ4n) is 1.37. The molecule has 0 saturated carbocycles. The zero-order valence-electron chi connectivity index (χ0n) is 11.3. The highest BCUT2D eigenvalue weighted by molar-refractivity contribution is 6.32. The van der Waals surface area contributed by atoms with Gasteiger partial charge in [-0.2, -0.15) is 0 Å². The lowest BCUT2D eigenvalue weighted by atomic mass is 10.1. The Morgan fingerprint density at radius 1 is 1.42 bits per heavy atom. The Hall–Kier alpha value is -1.55. The molecule has 0 heterocycles. The molecule has 1 atom stereocenters. The summed E-state index contributed by atoms with van der Waals surface area (Å²) in [6.45, 7) is 5.80. The predicted octanol–water partition coefficient (Wildman–Crippen LogP) is 2.69. The van der Waals surface area contributed by atoms with Gasteiger partial charge in [-0.15, -0.1) is 0 Å². The maximum Gasteiger partial charge on any atom is 0.258 e. The summed E-state index contributed by atoms with van der Waals surface area (Å²) in [4.78, 5) is 22.5. The molecule has 1 rings (SSSR count). The SMILES string of the molecule is CC(C)C(C)NC(=O)COc1c(Cl)cccc1C=O. The summed E-state index contributed by atoms with van der Waals surface area (Å²) < 4.78 is 5.33. The van der Waals surface area contributed by atoms with Gasteiger partial charge in [0, 0.05) is 6.04 Å². The topological polar surface area (TPSA) is 55.4 Å². The third kappa shape index (κ3) is 4.56. The molecular formula is C14H18ClNO3. The van der Waals surface area contributed by atoms with E-state index in [0.29, 0.717) is 22.8 Å². The molecule has 0 aliphatic heterocycles. The minimum Gasteiger partial charge on any atom is -0.481 e.